The summed E-state index contributed by atoms with van der Waals surface area (Å²) in [6.45, 7) is 5.54. The molecule has 1 aliphatic heterocycles. The number of para-hydroxylation sites is 2. The number of hydrogen-bond donors (Lipinski definition) is 2. The van der Waals surface area contributed by atoms with E-state index in [9.17, 15) is 19.2 Å². The maximum atomic E-state index is 12.9. The molecule has 0 radical (unpaired) electrons. The Hall–Kier alpha value is -4.77. The minimum atomic E-state index is -0.566. The molecule has 10 nitrogen and oxygen atoms in total. The lowest BCUT2D eigenvalue weighted by Crippen LogP contribution is -2.36. The van der Waals surface area contributed by atoms with Crippen molar-refractivity contribution in [3.8, 4) is 17.2 Å². The molecule has 3 aromatic carbocycles. The molecular weight excluding hydrogens is 558 g/mol. The number of nitrogens with one attached hydrogen (secondary N) is 2. The van der Waals surface area contributed by atoms with Crippen LogP contribution in [0.2, 0.25) is 0 Å². The van der Waals surface area contributed by atoms with Crippen molar-refractivity contribution in [3.05, 3.63) is 82.3 Å². The monoisotopic (exact) mass is 589 g/mol. The average Bonchev–Trinajstić information content (AvgIpc) is 3.22. The molecule has 3 aromatic rings. The molecule has 0 aliphatic carbocycles. The van der Waals surface area contributed by atoms with Crippen LogP contribution in [0.1, 0.15) is 23.6 Å². The van der Waals surface area contributed by atoms with Crippen LogP contribution >= 0.6 is 11.8 Å². The van der Waals surface area contributed by atoms with Gasteiger partial charge >= 0.3 is 0 Å². The summed E-state index contributed by atoms with van der Waals surface area (Å²) >= 11 is 0.750. The van der Waals surface area contributed by atoms with Crippen LogP contribution in [0.15, 0.2) is 65.6 Å². The summed E-state index contributed by atoms with van der Waals surface area (Å²) in [6, 6.07) is 17.5. The van der Waals surface area contributed by atoms with Crippen LogP contribution < -0.4 is 24.8 Å². The van der Waals surface area contributed by atoms with Gasteiger partial charge in [0, 0.05) is 5.69 Å². The third kappa shape index (κ3) is 7.49. The van der Waals surface area contributed by atoms with Gasteiger partial charge in [0.2, 0.25) is 5.91 Å². The minimum Gasteiger partial charge on any atom is -0.493 e. The first kappa shape index (κ1) is 30.2. The summed E-state index contributed by atoms with van der Waals surface area (Å²) in [5, 5.41) is 4.95. The molecule has 4 rings (SSSR count). The fourth-order valence-electron chi connectivity index (χ4n) is 4.03. The Bertz CT molecular complexity index is 1550. The van der Waals surface area contributed by atoms with Crippen molar-refractivity contribution in [3.63, 3.8) is 0 Å². The number of hydrogen-bond acceptors (Lipinski definition) is 8. The van der Waals surface area contributed by atoms with Gasteiger partial charge in [-0.15, -0.1) is 0 Å². The number of amides is 4. The first-order valence-corrected chi connectivity index (χ1v) is 13.9. The minimum absolute atomic E-state index is 0.169. The Morgan fingerprint density at radius 1 is 0.881 bits per heavy atom. The molecule has 0 aromatic heterocycles. The normalized spacial score (nSPS) is 13.7. The molecule has 0 saturated carbocycles. The van der Waals surface area contributed by atoms with Crippen molar-refractivity contribution in [1.29, 1.82) is 0 Å². The molecular formula is C31H31N3O7S. The second kappa shape index (κ2) is 13.7. The van der Waals surface area contributed by atoms with Crippen molar-refractivity contribution >= 4 is 52.2 Å². The van der Waals surface area contributed by atoms with Gasteiger partial charge in [-0.3, -0.25) is 24.1 Å². The van der Waals surface area contributed by atoms with Gasteiger partial charge in [0.1, 0.15) is 12.3 Å². The van der Waals surface area contributed by atoms with E-state index in [0.717, 1.165) is 27.8 Å². The van der Waals surface area contributed by atoms with Crippen molar-refractivity contribution < 1.29 is 33.4 Å². The van der Waals surface area contributed by atoms with Gasteiger partial charge in [-0.1, -0.05) is 24.3 Å². The van der Waals surface area contributed by atoms with E-state index >= 15 is 0 Å². The predicted molar refractivity (Wildman–Crippen MR) is 162 cm³/mol. The average molecular weight is 590 g/mol. The van der Waals surface area contributed by atoms with E-state index < -0.39 is 23.6 Å². The first-order chi connectivity index (χ1) is 20.2. The van der Waals surface area contributed by atoms with Gasteiger partial charge in [-0.2, -0.15) is 0 Å². The molecule has 0 spiro atoms. The highest BCUT2D eigenvalue weighted by Crippen LogP contribution is 2.34. The predicted octanol–water partition coefficient (Wildman–Crippen LogP) is 5.40. The number of thioether (sulfide) groups is 1. The highest BCUT2D eigenvalue weighted by atomic mass is 32.2. The SMILES string of the molecule is CCOc1ccccc1NC(=O)COc1ccc(/C=C2/SC(=O)N(CC(=O)Nc3ccc(C)c(C)c3)C2=O)cc1OC. The van der Waals surface area contributed by atoms with Crippen LogP contribution in [0.25, 0.3) is 6.08 Å². The maximum absolute atomic E-state index is 12.9. The molecule has 0 unspecified atom stereocenters. The van der Waals surface area contributed by atoms with Crippen molar-refractivity contribution in [2.45, 2.75) is 20.8 Å². The van der Waals surface area contributed by atoms with Gasteiger partial charge in [0.25, 0.3) is 17.1 Å². The number of benzene rings is 3. The number of nitrogens with zero attached hydrogens (tertiary/aromatic N) is 1. The third-order valence-electron chi connectivity index (χ3n) is 6.27. The number of ether oxygens (including phenoxy) is 3. The van der Waals surface area contributed by atoms with Crippen molar-refractivity contribution in [2.75, 3.05) is 37.5 Å². The van der Waals surface area contributed by atoms with Crippen molar-refractivity contribution in [2.24, 2.45) is 0 Å². The number of aryl methyl sites for hydroxylation is 2. The molecule has 1 saturated heterocycles. The number of imide groups is 1. The van der Waals surface area contributed by atoms with Crippen LogP contribution in [-0.4, -0.2) is 54.7 Å². The summed E-state index contributed by atoms with van der Waals surface area (Å²) in [4.78, 5) is 51.6. The van der Waals surface area contributed by atoms with E-state index in [1.165, 1.54) is 13.2 Å². The fourth-order valence-corrected chi connectivity index (χ4v) is 4.86. The Kier molecular flexibility index (Phi) is 9.87. The third-order valence-corrected chi connectivity index (χ3v) is 7.18. The summed E-state index contributed by atoms with van der Waals surface area (Å²) in [5.41, 5.74) is 3.80. The van der Waals surface area contributed by atoms with Gasteiger partial charge in [0.15, 0.2) is 18.1 Å². The second-order valence-corrected chi connectivity index (χ2v) is 10.3. The van der Waals surface area contributed by atoms with Gasteiger partial charge in [-0.25, -0.2) is 0 Å². The van der Waals surface area contributed by atoms with E-state index in [0.29, 0.717) is 40.8 Å². The number of carbonyl (C=O) groups excluding carboxylic acids is 4. The summed E-state index contributed by atoms with van der Waals surface area (Å²) in [5.74, 6) is -0.221. The van der Waals surface area contributed by atoms with Crippen LogP contribution in [0.3, 0.4) is 0 Å². The van der Waals surface area contributed by atoms with E-state index in [1.807, 2.05) is 39.0 Å². The lowest BCUT2D eigenvalue weighted by Gasteiger charge is -2.13. The van der Waals surface area contributed by atoms with Gasteiger partial charge < -0.3 is 24.8 Å². The zero-order valence-corrected chi connectivity index (χ0v) is 24.5. The molecule has 42 heavy (non-hydrogen) atoms. The van der Waals surface area contributed by atoms with Crippen molar-refractivity contribution in [1.82, 2.24) is 4.90 Å². The zero-order valence-electron chi connectivity index (χ0n) is 23.7. The Balaban J connectivity index is 1.38. The van der Waals surface area contributed by atoms with E-state index in [-0.39, 0.29) is 17.4 Å². The molecule has 11 heteroatoms. The molecule has 0 bridgehead atoms. The second-order valence-electron chi connectivity index (χ2n) is 9.29. The highest BCUT2D eigenvalue weighted by Gasteiger charge is 2.36. The quantitative estimate of drug-likeness (QED) is 0.285. The Labute approximate surface area is 248 Å². The van der Waals surface area contributed by atoms with Gasteiger partial charge in [0.05, 0.1) is 24.3 Å². The van der Waals surface area contributed by atoms with E-state index in [1.54, 1.807) is 42.5 Å². The fraction of sp³-hybridized carbons (Fsp3) is 0.226. The lowest BCUT2D eigenvalue weighted by atomic mass is 10.1. The van der Waals surface area contributed by atoms with Crippen LogP contribution in [0, 0.1) is 13.8 Å². The molecule has 1 aliphatic rings. The number of carbonyl (C=O) groups is 4. The lowest BCUT2D eigenvalue weighted by molar-refractivity contribution is -0.127. The van der Waals surface area contributed by atoms with Crippen LogP contribution in [0.5, 0.6) is 17.2 Å². The summed E-state index contributed by atoms with van der Waals surface area (Å²) < 4.78 is 16.6. The molecule has 1 heterocycles. The summed E-state index contributed by atoms with van der Waals surface area (Å²) in [6.07, 6.45) is 1.54. The molecule has 1 fully saturated rings. The van der Waals surface area contributed by atoms with Gasteiger partial charge in [-0.05, 0) is 91.7 Å². The van der Waals surface area contributed by atoms with Crippen LogP contribution in [-0.2, 0) is 14.4 Å². The Morgan fingerprint density at radius 3 is 2.40 bits per heavy atom. The molecule has 2 N–H and O–H groups in total. The maximum Gasteiger partial charge on any atom is 0.294 e. The molecule has 0 atom stereocenters. The standard InChI is InChI=1S/C31H31N3O7S/c1-5-40-24-9-7-6-8-23(24)33-29(36)18-41-25-13-11-21(15-26(25)39-4)16-27-30(37)34(31(38)42-27)17-28(35)32-22-12-10-19(2)20(3)14-22/h6-16H,5,17-18H2,1-4H3,(H,32,35)(H,33,36)/b27-16+. The summed E-state index contributed by atoms with van der Waals surface area (Å²) in [7, 11) is 1.45. The Morgan fingerprint density at radius 2 is 1.67 bits per heavy atom. The van der Waals surface area contributed by atoms with E-state index in [2.05, 4.69) is 10.6 Å². The largest absolute Gasteiger partial charge is 0.493 e. The number of methoxy groups -OCH3 is 1. The zero-order chi connectivity index (χ0) is 30.2. The van der Waals surface area contributed by atoms with E-state index in [4.69, 9.17) is 14.2 Å². The first-order valence-electron chi connectivity index (χ1n) is 13.1. The smallest absolute Gasteiger partial charge is 0.294 e. The molecule has 218 valence electrons. The highest BCUT2D eigenvalue weighted by molar-refractivity contribution is 8.18. The topological polar surface area (TPSA) is 123 Å². The number of anilines is 2. The number of rotatable bonds is 11. The van der Waals surface area contributed by atoms with Crippen LogP contribution in [0.4, 0.5) is 16.2 Å². The molecule has 4 amide bonds.